The fourth-order valence-electron chi connectivity index (χ4n) is 1.41. The monoisotopic (exact) mass is 337 g/mol. The van der Waals surface area contributed by atoms with Crippen LogP contribution in [0.1, 0.15) is 26.3 Å². The SMILES string of the molecule is COCC(=N[S@+]([O-])C(C)(C)C)c1cccc(OC(F)(F)F)c1. The summed E-state index contributed by atoms with van der Waals surface area (Å²) in [4.78, 5) is 0. The van der Waals surface area contributed by atoms with Crippen molar-refractivity contribution in [2.24, 2.45) is 4.40 Å². The van der Waals surface area contributed by atoms with Crippen LogP contribution in [0.3, 0.4) is 0 Å². The van der Waals surface area contributed by atoms with Gasteiger partial charge in [-0.15, -0.1) is 13.2 Å². The molecule has 124 valence electrons. The Hall–Kier alpha value is -1.25. The van der Waals surface area contributed by atoms with Crippen LogP contribution in [0.4, 0.5) is 13.2 Å². The molecule has 0 aromatic heterocycles. The Morgan fingerprint density at radius 1 is 1.27 bits per heavy atom. The number of methoxy groups -OCH3 is 1. The standard InChI is InChI=1S/C14H18F3NO3S/c1-13(2,3)22(19)18-12(9-20-4)10-6-5-7-11(8-10)21-14(15,16)17/h5-8H,9H2,1-4H3/t22-/m1/s1. The summed E-state index contributed by atoms with van der Waals surface area (Å²) in [6.07, 6.45) is -4.77. The first kappa shape index (κ1) is 18.8. The molecule has 22 heavy (non-hydrogen) atoms. The van der Waals surface area contributed by atoms with E-state index >= 15 is 0 Å². The van der Waals surface area contributed by atoms with Gasteiger partial charge >= 0.3 is 6.36 Å². The highest BCUT2D eigenvalue weighted by Gasteiger charge is 2.31. The van der Waals surface area contributed by atoms with Crippen molar-refractivity contribution in [3.63, 3.8) is 0 Å². The van der Waals surface area contributed by atoms with Crippen molar-refractivity contribution < 1.29 is 27.2 Å². The van der Waals surface area contributed by atoms with Crippen LogP contribution < -0.4 is 4.74 Å². The molecule has 0 spiro atoms. The van der Waals surface area contributed by atoms with Gasteiger partial charge in [-0.1, -0.05) is 16.5 Å². The molecule has 0 amide bonds. The van der Waals surface area contributed by atoms with Gasteiger partial charge in [0.1, 0.15) is 27.6 Å². The summed E-state index contributed by atoms with van der Waals surface area (Å²) in [5.74, 6) is -0.365. The average molecular weight is 337 g/mol. The molecule has 0 heterocycles. The summed E-state index contributed by atoms with van der Waals surface area (Å²) in [6.45, 7) is 5.28. The van der Waals surface area contributed by atoms with Crippen molar-refractivity contribution >= 4 is 17.1 Å². The predicted octanol–water partition coefficient (Wildman–Crippen LogP) is 3.48. The van der Waals surface area contributed by atoms with E-state index in [1.54, 1.807) is 26.8 Å². The molecule has 1 aromatic carbocycles. The van der Waals surface area contributed by atoms with E-state index in [9.17, 15) is 17.7 Å². The molecule has 0 aliphatic rings. The van der Waals surface area contributed by atoms with E-state index in [0.29, 0.717) is 11.3 Å². The van der Waals surface area contributed by atoms with Gasteiger partial charge in [0, 0.05) is 12.7 Å². The third-order valence-corrected chi connectivity index (χ3v) is 3.83. The third-order valence-electron chi connectivity index (χ3n) is 2.40. The van der Waals surface area contributed by atoms with Crippen LogP contribution in [0, 0.1) is 0 Å². The molecular formula is C14H18F3NO3S. The molecule has 4 nitrogen and oxygen atoms in total. The largest absolute Gasteiger partial charge is 0.591 e. The van der Waals surface area contributed by atoms with Gasteiger partial charge in [-0.05, 0) is 32.9 Å². The van der Waals surface area contributed by atoms with Crippen LogP contribution in [0.5, 0.6) is 5.75 Å². The highest BCUT2D eigenvalue weighted by molar-refractivity contribution is 7.91. The Bertz CT molecular complexity index is 527. The number of halogens is 3. The molecule has 1 aromatic rings. The van der Waals surface area contributed by atoms with Gasteiger partial charge in [-0.25, -0.2) is 0 Å². The molecule has 0 saturated carbocycles. The van der Waals surface area contributed by atoms with Crippen molar-refractivity contribution in [3.05, 3.63) is 29.8 Å². The first-order valence-electron chi connectivity index (χ1n) is 6.37. The molecule has 0 saturated heterocycles. The topological polar surface area (TPSA) is 53.9 Å². The zero-order valence-corrected chi connectivity index (χ0v) is 13.5. The second kappa shape index (κ2) is 7.34. The molecule has 0 radical (unpaired) electrons. The van der Waals surface area contributed by atoms with Crippen LogP contribution >= 0.6 is 0 Å². The number of ether oxygens (including phenoxy) is 2. The second-order valence-corrected chi connectivity index (χ2v) is 7.31. The van der Waals surface area contributed by atoms with Crippen molar-refractivity contribution in [1.82, 2.24) is 0 Å². The quantitative estimate of drug-likeness (QED) is 0.610. The molecule has 0 unspecified atom stereocenters. The van der Waals surface area contributed by atoms with Crippen molar-refractivity contribution in [3.8, 4) is 5.75 Å². The van der Waals surface area contributed by atoms with Gasteiger partial charge in [0.25, 0.3) is 0 Å². The normalized spacial score (nSPS) is 14.8. The van der Waals surface area contributed by atoms with E-state index in [2.05, 4.69) is 9.13 Å². The molecule has 0 fully saturated rings. The first-order chi connectivity index (χ1) is 10.0. The van der Waals surface area contributed by atoms with Crippen LogP contribution in [0.2, 0.25) is 0 Å². The zero-order valence-electron chi connectivity index (χ0n) is 12.7. The van der Waals surface area contributed by atoms with E-state index in [4.69, 9.17) is 4.74 Å². The summed E-state index contributed by atoms with van der Waals surface area (Å²) >= 11 is -1.55. The fourth-order valence-corrected chi connectivity index (χ4v) is 2.04. The summed E-state index contributed by atoms with van der Waals surface area (Å²) in [5, 5.41) is 0. The molecule has 0 aliphatic carbocycles. The molecule has 0 bridgehead atoms. The summed E-state index contributed by atoms with van der Waals surface area (Å²) in [7, 11) is 1.42. The lowest BCUT2D eigenvalue weighted by Crippen LogP contribution is -2.28. The Balaban J connectivity index is 3.11. The lowest BCUT2D eigenvalue weighted by molar-refractivity contribution is -0.274. The molecule has 0 aliphatic heterocycles. The highest BCUT2D eigenvalue weighted by Crippen LogP contribution is 2.24. The molecule has 0 N–H and O–H groups in total. The lowest BCUT2D eigenvalue weighted by atomic mass is 10.1. The predicted molar refractivity (Wildman–Crippen MR) is 79.4 cm³/mol. The maximum Gasteiger partial charge on any atom is 0.573 e. The minimum Gasteiger partial charge on any atom is -0.591 e. The van der Waals surface area contributed by atoms with E-state index in [-0.39, 0.29) is 12.4 Å². The van der Waals surface area contributed by atoms with Crippen LogP contribution in [0.25, 0.3) is 0 Å². The molecular weight excluding hydrogens is 319 g/mol. The Kier molecular flexibility index (Phi) is 6.27. The van der Waals surface area contributed by atoms with Gasteiger partial charge in [0.05, 0.1) is 6.61 Å². The van der Waals surface area contributed by atoms with E-state index in [0.717, 1.165) is 0 Å². The summed E-state index contributed by atoms with van der Waals surface area (Å²) < 4.78 is 61.2. The van der Waals surface area contributed by atoms with Gasteiger partial charge in [-0.3, -0.25) is 0 Å². The van der Waals surface area contributed by atoms with Gasteiger partial charge in [0.2, 0.25) is 0 Å². The lowest BCUT2D eigenvalue weighted by Gasteiger charge is -2.19. The van der Waals surface area contributed by atoms with E-state index in [1.165, 1.54) is 25.3 Å². The Morgan fingerprint density at radius 2 is 1.91 bits per heavy atom. The molecule has 1 rings (SSSR count). The van der Waals surface area contributed by atoms with Crippen LogP contribution in [0.15, 0.2) is 28.7 Å². The minimum atomic E-state index is -4.77. The number of alkyl halides is 3. The van der Waals surface area contributed by atoms with E-state index in [1.807, 2.05) is 0 Å². The average Bonchev–Trinajstić information content (AvgIpc) is 2.35. The van der Waals surface area contributed by atoms with Crippen molar-refractivity contribution in [2.75, 3.05) is 13.7 Å². The first-order valence-corrected chi connectivity index (χ1v) is 7.48. The van der Waals surface area contributed by atoms with E-state index < -0.39 is 22.5 Å². The smallest absolute Gasteiger partial charge is 0.573 e. The fraction of sp³-hybridized carbons (Fsp3) is 0.500. The number of hydrogen-bond donors (Lipinski definition) is 0. The van der Waals surface area contributed by atoms with Gasteiger partial charge < -0.3 is 14.0 Å². The second-order valence-electron chi connectivity index (χ2n) is 5.41. The zero-order chi connectivity index (χ0) is 17.0. The number of nitrogens with zero attached hydrogens (tertiary/aromatic N) is 1. The van der Waals surface area contributed by atoms with Gasteiger partial charge in [0.15, 0.2) is 0 Å². The minimum absolute atomic E-state index is 0.0251. The van der Waals surface area contributed by atoms with Gasteiger partial charge in [-0.2, -0.15) is 0 Å². The number of rotatable bonds is 5. The molecule has 8 heteroatoms. The maximum absolute atomic E-state index is 12.3. The Morgan fingerprint density at radius 3 is 2.41 bits per heavy atom. The number of benzene rings is 1. The van der Waals surface area contributed by atoms with Crippen LogP contribution in [-0.4, -0.2) is 35.1 Å². The Labute approximate surface area is 130 Å². The highest BCUT2D eigenvalue weighted by atomic mass is 32.2. The molecule has 1 atom stereocenters. The van der Waals surface area contributed by atoms with Crippen molar-refractivity contribution in [2.45, 2.75) is 31.9 Å². The number of hydrogen-bond acceptors (Lipinski definition) is 4. The summed E-state index contributed by atoms with van der Waals surface area (Å²) in [6, 6.07) is 5.33. The third kappa shape index (κ3) is 6.25. The maximum atomic E-state index is 12.3. The van der Waals surface area contributed by atoms with Crippen molar-refractivity contribution in [1.29, 1.82) is 0 Å². The summed E-state index contributed by atoms with van der Waals surface area (Å²) in [5.41, 5.74) is 0.657. The van der Waals surface area contributed by atoms with Crippen LogP contribution in [-0.2, 0) is 16.1 Å².